The molecule has 1 aliphatic rings. The van der Waals surface area contributed by atoms with E-state index in [2.05, 4.69) is 9.62 Å². The Hall–Kier alpha value is -3.46. The second-order valence-corrected chi connectivity index (χ2v) is 9.05. The number of carbonyl (C=O) groups is 1. The average molecular weight is 458 g/mol. The quantitative estimate of drug-likeness (QED) is 0.634. The minimum absolute atomic E-state index is 0.0709. The molecule has 0 atom stereocenters. The van der Waals surface area contributed by atoms with Crippen molar-refractivity contribution in [2.24, 2.45) is 0 Å². The summed E-state index contributed by atoms with van der Waals surface area (Å²) in [6, 6.07) is 17.3. The van der Waals surface area contributed by atoms with Gasteiger partial charge in [-0.3, -0.25) is 9.52 Å². The molecule has 6 nitrogen and oxygen atoms in total. The molecule has 3 aromatic carbocycles. The third kappa shape index (κ3) is 4.72. The van der Waals surface area contributed by atoms with Crippen LogP contribution in [0.3, 0.4) is 0 Å². The van der Waals surface area contributed by atoms with Gasteiger partial charge in [0.05, 0.1) is 10.6 Å². The SMILES string of the molecule is O=C(c1ccc(S(=O)(=O)Nc2ccccc2F)cc1)N1CCN(c2ccc(F)cc2)CC1. The lowest BCUT2D eigenvalue weighted by atomic mass is 10.1. The lowest BCUT2D eigenvalue weighted by Crippen LogP contribution is -2.48. The summed E-state index contributed by atoms with van der Waals surface area (Å²) in [5.74, 6) is -1.17. The Balaban J connectivity index is 1.40. The number of rotatable bonds is 5. The highest BCUT2D eigenvalue weighted by atomic mass is 32.2. The van der Waals surface area contributed by atoms with Crippen molar-refractivity contribution < 1.29 is 22.0 Å². The highest BCUT2D eigenvalue weighted by Gasteiger charge is 2.23. The Morgan fingerprint density at radius 3 is 2.06 bits per heavy atom. The molecule has 1 saturated heterocycles. The van der Waals surface area contributed by atoms with E-state index in [4.69, 9.17) is 0 Å². The fraction of sp³-hybridized carbons (Fsp3) is 0.174. The summed E-state index contributed by atoms with van der Waals surface area (Å²) in [7, 11) is -3.99. The van der Waals surface area contributed by atoms with Crippen LogP contribution in [0.4, 0.5) is 20.2 Å². The van der Waals surface area contributed by atoms with Gasteiger partial charge in [0.25, 0.3) is 15.9 Å². The van der Waals surface area contributed by atoms with Crippen molar-refractivity contribution in [1.82, 2.24) is 4.90 Å². The van der Waals surface area contributed by atoms with Gasteiger partial charge < -0.3 is 9.80 Å². The zero-order valence-corrected chi connectivity index (χ0v) is 17.9. The van der Waals surface area contributed by atoms with Gasteiger partial charge >= 0.3 is 0 Å². The molecule has 0 bridgehead atoms. The minimum atomic E-state index is -3.99. The van der Waals surface area contributed by atoms with Crippen LogP contribution in [0, 0.1) is 11.6 Å². The van der Waals surface area contributed by atoms with Gasteiger partial charge in [0.15, 0.2) is 0 Å². The fourth-order valence-electron chi connectivity index (χ4n) is 3.53. The number of amides is 1. The summed E-state index contributed by atoms with van der Waals surface area (Å²) in [5.41, 5.74) is 1.12. The molecule has 0 radical (unpaired) electrons. The molecule has 32 heavy (non-hydrogen) atoms. The molecule has 1 fully saturated rings. The summed E-state index contributed by atoms with van der Waals surface area (Å²) in [6.45, 7) is 2.20. The van der Waals surface area contributed by atoms with Gasteiger partial charge in [-0.15, -0.1) is 0 Å². The van der Waals surface area contributed by atoms with Crippen LogP contribution in [0.2, 0.25) is 0 Å². The summed E-state index contributed by atoms with van der Waals surface area (Å²) in [5, 5.41) is 0. The Morgan fingerprint density at radius 2 is 1.44 bits per heavy atom. The van der Waals surface area contributed by atoms with Crippen LogP contribution in [0.5, 0.6) is 0 Å². The van der Waals surface area contributed by atoms with E-state index in [0.29, 0.717) is 31.7 Å². The largest absolute Gasteiger partial charge is 0.368 e. The Morgan fingerprint density at radius 1 is 0.812 bits per heavy atom. The molecule has 9 heteroatoms. The van der Waals surface area contributed by atoms with Crippen LogP contribution < -0.4 is 9.62 Å². The molecule has 0 saturated carbocycles. The van der Waals surface area contributed by atoms with E-state index in [-0.39, 0.29) is 22.3 Å². The minimum Gasteiger partial charge on any atom is -0.368 e. The third-order valence-corrected chi connectivity index (χ3v) is 6.67. The smallest absolute Gasteiger partial charge is 0.261 e. The second-order valence-electron chi connectivity index (χ2n) is 7.37. The van der Waals surface area contributed by atoms with E-state index in [0.717, 1.165) is 11.8 Å². The van der Waals surface area contributed by atoms with E-state index in [9.17, 15) is 22.0 Å². The first-order valence-corrected chi connectivity index (χ1v) is 11.5. The molecule has 3 aromatic rings. The molecule has 1 N–H and O–H groups in total. The van der Waals surface area contributed by atoms with E-state index in [1.54, 1.807) is 17.0 Å². The predicted molar refractivity (Wildman–Crippen MR) is 118 cm³/mol. The van der Waals surface area contributed by atoms with Crippen molar-refractivity contribution >= 4 is 27.3 Å². The van der Waals surface area contributed by atoms with Crippen LogP contribution in [0.15, 0.2) is 77.7 Å². The van der Waals surface area contributed by atoms with Crippen LogP contribution in [0.25, 0.3) is 0 Å². The van der Waals surface area contributed by atoms with Crippen molar-refractivity contribution in [2.75, 3.05) is 35.8 Å². The number of nitrogens with zero attached hydrogens (tertiary/aromatic N) is 2. The molecule has 0 spiro atoms. The first kappa shape index (κ1) is 21.8. The highest BCUT2D eigenvalue weighted by Crippen LogP contribution is 2.21. The average Bonchev–Trinajstić information content (AvgIpc) is 2.81. The number of carbonyl (C=O) groups excluding carboxylic acids is 1. The molecule has 1 amide bonds. The second kappa shape index (κ2) is 8.96. The Bertz CT molecular complexity index is 1210. The standard InChI is InChI=1S/C23H21F2N3O3S/c24-18-7-9-19(10-8-18)27-13-15-28(16-14-27)23(29)17-5-11-20(12-6-17)32(30,31)26-22-4-2-1-3-21(22)25/h1-12,26H,13-16H2. The number of hydrogen-bond donors (Lipinski definition) is 1. The number of nitrogens with one attached hydrogen (secondary N) is 1. The van der Waals surface area contributed by atoms with E-state index in [1.165, 1.54) is 54.6 Å². The highest BCUT2D eigenvalue weighted by molar-refractivity contribution is 7.92. The maximum absolute atomic E-state index is 13.8. The van der Waals surface area contributed by atoms with Crippen molar-refractivity contribution in [1.29, 1.82) is 0 Å². The van der Waals surface area contributed by atoms with E-state index < -0.39 is 15.8 Å². The maximum atomic E-state index is 13.8. The summed E-state index contributed by atoms with van der Waals surface area (Å²) >= 11 is 0. The monoisotopic (exact) mass is 457 g/mol. The summed E-state index contributed by atoms with van der Waals surface area (Å²) in [4.78, 5) is 16.5. The van der Waals surface area contributed by atoms with Crippen LogP contribution in [-0.2, 0) is 10.0 Å². The van der Waals surface area contributed by atoms with Gasteiger partial charge in [-0.2, -0.15) is 0 Å². The van der Waals surface area contributed by atoms with Gasteiger partial charge in [0.1, 0.15) is 11.6 Å². The third-order valence-electron chi connectivity index (χ3n) is 5.29. The first-order chi connectivity index (χ1) is 15.3. The van der Waals surface area contributed by atoms with Crippen molar-refractivity contribution in [3.8, 4) is 0 Å². The number of anilines is 2. The van der Waals surface area contributed by atoms with Crippen molar-refractivity contribution in [2.45, 2.75) is 4.90 Å². The van der Waals surface area contributed by atoms with Crippen molar-refractivity contribution in [3.63, 3.8) is 0 Å². The number of piperazine rings is 1. The van der Waals surface area contributed by atoms with E-state index in [1.807, 2.05) is 0 Å². The van der Waals surface area contributed by atoms with Gasteiger partial charge in [0, 0.05) is 37.4 Å². The van der Waals surface area contributed by atoms with Crippen LogP contribution in [0.1, 0.15) is 10.4 Å². The topological polar surface area (TPSA) is 69.7 Å². The summed E-state index contributed by atoms with van der Waals surface area (Å²) in [6.07, 6.45) is 0. The molecule has 0 aromatic heterocycles. The number of para-hydroxylation sites is 1. The first-order valence-electron chi connectivity index (χ1n) is 10.0. The predicted octanol–water partition coefficient (Wildman–Crippen LogP) is 3.73. The zero-order chi connectivity index (χ0) is 22.7. The molecular weight excluding hydrogens is 436 g/mol. The molecule has 166 valence electrons. The molecule has 1 aliphatic heterocycles. The molecule has 4 rings (SSSR count). The molecular formula is C23H21F2N3O3S. The molecule has 0 unspecified atom stereocenters. The Labute approximate surface area is 185 Å². The van der Waals surface area contributed by atoms with Crippen LogP contribution in [-0.4, -0.2) is 45.4 Å². The fourth-order valence-corrected chi connectivity index (χ4v) is 4.59. The number of benzene rings is 3. The van der Waals surface area contributed by atoms with Crippen LogP contribution >= 0.6 is 0 Å². The van der Waals surface area contributed by atoms with Crippen molar-refractivity contribution in [3.05, 3.63) is 90.0 Å². The number of sulfonamides is 1. The normalized spacial score (nSPS) is 14.3. The van der Waals surface area contributed by atoms with E-state index >= 15 is 0 Å². The van der Waals surface area contributed by atoms with Gasteiger partial charge in [0.2, 0.25) is 0 Å². The van der Waals surface area contributed by atoms with Gasteiger partial charge in [-0.05, 0) is 60.7 Å². The molecule has 1 heterocycles. The molecule has 0 aliphatic carbocycles. The van der Waals surface area contributed by atoms with Gasteiger partial charge in [-0.25, -0.2) is 17.2 Å². The maximum Gasteiger partial charge on any atom is 0.261 e. The lowest BCUT2D eigenvalue weighted by molar-refractivity contribution is 0.0746. The van der Waals surface area contributed by atoms with Gasteiger partial charge in [-0.1, -0.05) is 12.1 Å². The summed E-state index contributed by atoms with van der Waals surface area (Å²) < 4.78 is 54.1. The Kier molecular flexibility index (Phi) is 6.09. The number of halogens is 2. The zero-order valence-electron chi connectivity index (χ0n) is 17.0. The lowest BCUT2D eigenvalue weighted by Gasteiger charge is -2.36. The number of hydrogen-bond acceptors (Lipinski definition) is 4.